The summed E-state index contributed by atoms with van der Waals surface area (Å²) in [5.74, 6) is 0.0128. The second-order valence-corrected chi connectivity index (χ2v) is 13.0. The summed E-state index contributed by atoms with van der Waals surface area (Å²) in [6.45, 7) is 4.64. The third-order valence-electron chi connectivity index (χ3n) is 7.14. The van der Waals surface area contributed by atoms with E-state index in [1.54, 1.807) is 53.9 Å². The van der Waals surface area contributed by atoms with Gasteiger partial charge in [0, 0.05) is 37.1 Å². The molecule has 0 amide bonds. The van der Waals surface area contributed by atoms with Crippen molar-refractivity contribution in [3.05, 3.63) is 101 Å². The van der Waals surface area contributed by atoms with Gasteiger partial charge in [-0.25, -0.2) is 32.5 Å². The van der Waals surface area contributed by atoms with Crippen LogP contribution < -0.4 is 14.9 Å². The summed E-state index contributed by atoms with van der Waals surface area (Å²) in [4.78, 5) is 17.1. The molecule has 1 aliphatic rings. The average molecular weight is 631 g/mol. The van der Waals surface area contributed by atoms with E-state index < -0.39 is 10.0 Å². The number of halogens is 1. The van der Waals surface area contributed by atoms with Crippen LogP contribution in [0.4, 0.5) is 21.7 Å². The van der Waals surface area contributed by atoms with Crippen LogP contribution in [0.15, 0.2) is 90.0 Å². The molecular formula is C32H31FN6O3S2. The van der Waals surface area contributed by atoms with Gasteiger partial charge in [0.15, 0.2) is 0 Å². The van der Waals surface area contributed by atoms with Gasteiger partial charge in [0.05, 0.1) is 45.1 Å². The standard InChI is InChI=1S/C32H31FN6O3S2/c1-2-29-38-30(23-8-6-7-22(19-23)21-35-44(40,41)25-9-4-3-5-10-25)31(43-29)27-13-14-34-32(37-27)36-24-11-12-28(26(33)20-24)39-15-17-42-18-16-39/h3-14,19-20,35H,2,15-18,21H2,1H3,(H,34,36,37). The SMILES string of the molecule is CCc1nc(-c2cccc(CNS(=O)(=O)c3ccccc3)c2)c(-c2ccnc(Nc3ccc(N4CCOCC4)c(F)c3)n2)s1. The highest BCUT2D eigenvalue weighted by Gasteiger charge is 2.19. The summed E-state index contributed by atoms with van der Waals surface area (Å²) in [6.07, 6.45) is 2.41. The van der Waals surface area contributed by atoms with Crippen molar-refractivity contribution in [1.29, 1.82) is 0 Å². The molecule has 1 saturated heterocycles. The van der Waals surface area contributed by atoms with E-state index in [9.17, 15) is 12.8 Å². The van der Waals surface area contributed by atoms with Crippen LogP contribution in [0.3, 0.4) is 0 Å². The second-order valence-electron chi connectivity index (χ2n) is 10.1. The van der Waals surface area contributed by atoms with E-state index >= 15 is 0 Å². The molecular weight excluding hydrogens is 600 g/mol. The number of nitrogens with zero attached hydrogens (tertiary/aromatic N) is 4. The second kappa shape index (κ2) is 13.2. The Morgan fingerprint density at radius 1 is 0.977 bits per heavy atom. The molecule has 2 aromatic heterocycles. The number of ether oxygens (including phenoxy) is 1. The zero-order valence-corrected chi connectivity index (χ0v) is 25.7. The molecule has 0 aliphatic carbocycles. The quantitative estimate of drug-likeness (QED) is 0.193. The van der Waals surface area contributed by atoms with Crippen LogP contribution in [0, 0.1) is 5.82 Å². The molecule has 226 valence electrons. The van der Waals surface area contributed by atoms with Crippen LogP contribution in [0.25, 0.3) is 21.8 Å². The normalized spacial score (nSPS) is 13.6. The summed E-state index contributed by atoms with van der Waals surface area (Å²) in [5, 5.41) is 4.08. The zero-order valence-electron chi connectivity index (χ0n) is 24.0. The van der Waals surface area contributed by atoms with Gasteiger partial charge >= 0.3 is 0 Å². The molecule has 0 spiro atoms. The van der Waals surface area contributed by atoms with E-state index in [1.165, 1.54) is 6.07 Å². The lowest BCUT2D eigenvalue weighted by Gasteiger charge is -2.29. The number of benzene rings is 3. The maximum atomic E-state index is 15.0. The zero-order chi connectivity index (χ0) is 30.5. The molecule has 9 nitrogen and oxygen atoms in total. The van der Waals surface area contributed by atoms with Gasteiger partial charge in [-0.15, -0.1) is 11.3 Å². The van der Waals surface area contributed by atoms with Crippen molar-refractivity contribution in [2.24, 2.45) is 0 Å². The molecule has 5 aromatic rings. The van der Waals surface area contributed by atoms with Crippen molar-refractivity contribution < 1.29 is 17.5 Å². The van der Waals surface area contributed by atoms with Crippen molar-refractivity contribution in [2.75, 3.05) is 36.5 Å². The number of aryl methyl sites for hydroxylation is 1. The lowest BCUT2D eigenvalue weighted by Crippen LogP contribution is -2.36. The van der Waals surface area contributed by atoms with Crippen LogP contribution in [0.1, 0.15) is 17.5 Å². The topological polar surface area (TPSA) is 109 Å². The first-order valence-electron chi connectivity index (χ1n) is 14.3. The molecule has 12 heteroatoms. The highest BCUT2D eigenvalue weighted by molar-refractivity contribution is 7.89. The molecule has 2 N–H and O–H groups in total. The maximum Gasteiger partial charge on any atom is 0.240 e. The molecule has 0 saturated carbocycles. The van der Waals surface area contributed by atoms with Crippen LogP contribution in [0.2, 0.25) is 0 Å². The molecule has 0 atom stereocenters. The predicted octanol–water partition coefficient (Wildman–Crippen LogP) is 6.03. The first-order valence-corrected chi connectivity index (χ1v) is 16.6. The van der Waals surface area contributed by atoms with Crippen LogP contribution in [0.5, 0.6) is 0 Å². The molecule has 6 rings (SSSR count). The average Bonchev–Trinajstić information content (AvgIpc) is 3.50. The molecule has 3 heterocycles. The molecule has 0 radical (unpaired) electrons. The number of thiazole rings is 1. The monoisotopic (exact) mass is 630 g/mol. The Kier molecular flexibility index (Phi) is 8.94. The fourth-order valence-electron chi connectivity index (χ4n) is 4.89. The molecule has 1 aliphatic heterocycles. The summed E-state index contributed by atoms with van der Waals surface area (Å²) in [6, 6.07) is 22.8. The van der Waals surface area contributed by atoms with Gasteiger partial charge < -0.3 is 15.0 Å². The molecule has 3 aromatic carbocycles. The van der Waals surface area contributed by atoms with Crippen molar-refractivity contribution in [2.45, 2.75) is 24.8 Å². The van der Waals surface area contributed by atoms with E-state index in [-0.39, 0.29) is 17.3 Å². The van der Waals surface area contributed by atoms with Gasteiger partial charge in [-0.1, -0.05) is 43.3 Å². The number of hydrogen-bond acceptors (Lipinski definition) is 9. The van der Waals surface area contributed by atoms with Crippen molar-refractivity contribution in [3.63, 3.8) is 0 Å². The highest BCUT2D eigenvalue weighted by atomic mass is 32.2. The first kappa shape index (κ1) is 29.8. The lowest BCUT2D eigenvalue weighted by molar-refractivity contribution is 0.122. The Morgan fingerprint density at radius 2 is 1.80 bits per heavy atom. The summed E-state index contributed by atoms with van der Waals surface area (Å²) >= 11 is 1.55. The Morgan fingerprint density at radius 3 is 2.57 bits per heavy atom. The highest BCUT2D eigenvalue weighted by Crippen LogP contribution is 2.37. The Hall–Kier alpha value is -4.23. The number of hydrogen-bond donors (Lipinski definition) is 2. The molecule has 0 bridgehead atoms. The third kappa shape index (κ3) is 6.78. The lowest BCUT2D eigenvalue weighted by atomic mass is 10.1. The van der Waals surface area contributed by atoms with E-state index in [0.717, 1.165) is 33.1 Å². The molecule has 44 heavy (non-hydrogen) atoms. The van der Waals surface area contributed by atoms with Crippen LogP contribution >= 0.6 is 11.3 Å². The van der Waals surface area contributed by atoms with E-state index in [2.05, 4.69) is 15.0 Å². The van der Waals surface area contributed by atoms with Gasteiger partial charge in [0.25, 0.3) is 0 Å². The Labute approximate surface area is 259 Å². The van der Waals surface area contributed by atoms with Crippen molar-refractivity contribution in [3.8, 4) is 21.8 Å². The maximum absolute atomic E-state index is 15.0. The number of aromatic nitrogens is 3. The largest absolute Gasteiger partial charge is 0.378 e. The number of rotatable bonds is 10. The fraction of sp³-hybridized carbons (Fsp3) is 0.219. The van der Waals surface area contributed by atoms with Crippen LogP contribution in [-0.2, 0) is 27.7 Å². The van der Waals surface area contributed by atoms with Gasteiger partial charge in [-0.3, -0.25) is 0 Å². The predicted molar refractivity (Wildman–Crippen MR) is 171 cm³/mol. The number of nitrogens with one attached hydrogen (secondary N) is 2. The van der Waals surface area contributed by atoms with Gasteiger partial charge in [0.2, 0.25) is 16.0 Å². The van der Waals surface area contributed by atoms with Gasteiger partial charge in [-0.2, -0.15) is 0 Å². The number of sulfonamides is 1. The fourth-order valence-corrected chi connectivity index (χ4v) is 6.93. The van der Waals surface area contributed by atoms with E-state index in [4.69, 9.17) is 14.7 Å². The van der Waals surface area contributed by atoms with E-state index in [1.807, 2.05) is 48.2 Å². The minimum absolute atomic E-state index is 0.133. The van der Waals surface area contributed by atoms with Crippen LogP contribution in [-0.4, -0.2) is 49.7 Å². The molecule has 1 fully saturated rings. The minimum Gasteiger partial charge on any atom is -0.378 e. The van der Waals surface area contributed by atoms with E-state index in [0.29, 0.717) is 49.3 Å². The van der Waals surface area contributed by atoms with Crippen molar-refractivity contribution >= 4 is 38.7 Å². The smallest absolute Gasteiger partial charge is 0.240 e. The number of anilines is 3. The molecule has 0 unspecified atom stereocenters. The summed E-state index contributed by atoms with van der Waals surface area (Å²) in [7, 11) is -3.65. The Bertz CT molecular complexity index is 1860. The van der Waals surface area contributed by atoms with Gasteiger partial charge in [-0.05, 0) is 54.4 Å². The minimum atomic E-state index is -3.65. The summed E-state index contributed by atoms with van der Waals surface area (Å²) < 4.78 is 48.5. The first-order chi connectivity index (χ1) is 21.4. The third-order valence-corrected chi connectivity index (χ3v) is 9.78. The van der Waals surface area contributed by atoms with Gasteiger partial charge in [0.1, 0.15) is 5.82 Å². The summed E-state index contributed by atoms with van der Waals surface area (Å²) in [5.41, 5.74) is 4.17. The Balaban J connectivity index is 1.23. The van der Waals surface area contributed by atoms with Crippen molar-refractivity contribution in [1.82, 2.24) is 19.7 Å². The number of morpholine rings is 1.